The smallest absolute Gasteiger partial charge is 0.246 e. The Bertz CT molecular complexity index is 1240. The van der Waals surface area contributed by atoms with Gasteiger partial charge in [-0.2, -0.15) is 0 Å². The first-order valence-corrected chi connectivity index (χ1v) is 14.2. The van der Waals surface area contributed by atoms with E-state index in [1.54, 1.807) is 29.2 Å². The summed E-state index contributed by atoms with van der Waals surface area (Å²) in [4.78, 5) is 43.4. The zero-order valence-corrected chi connectivity index (χ0v) is 23.4. The van der Waals surface area contributed by atoms with Crippen molar-refractivity contribution in [3.05, 3.63) is 60.2 Å². The molecule has 1 spiro atoms. The van der Waals surface area contributed by atoms with E-state index in [0.29, 0.717) is 50.4 Å². The standard InChI is InChI=1S/C31H39N3O6/c1-4-39-23-14-12-22(13-15-23)33-27(36)24-25-29(38)34(16-8-9-17-35)26(31(25)18-20(2)30(24,3)40-31)28(37)32-19-21-10-6-5-7-11-21/h5-7,10-15,20,24-26,35H,4,8-9,16-19H2,1-3H3,(H,32,37)(H,33,36)/t20?,24-,25+,26?,30+,31?/m1/s1. The van der Waals surface area contributed by atoms with E-state index in [9.17, 15) is 19.5 Å². The van der Waals surface area contributed by atoms with Gasteiger partial charge in [0.25, 0.3) is 0 Å². The molecular formula is C31H39N3O6. The molecule has 3 amide bonds. The number of aliphatic hydroxyl groups is 1. The van der Waals surface area contributed by atoms with Crippen LogP contribution in [0, 0.1) is 17.8 Å². The highest BCUT2D eigenvalue weighted by molar-refractivity contribution is 6.02. The SMILES string of the molecule is CCOc1ccc(NC(=O)[C@H]2[C@H]3C(=O)N(CCCCO)C(C(=O)NCc4ccccc4)C34CC(C)[C@]2(C)O4)cc1. The first kappa shape index (κ1) is 28.1. The van der Waals surface area contributed by atoms with Gasteiger partial charge in [0, 0.05) is 25.4 Å². The van der Waals surface area contributed by atoms with Crippen molar-refractivity contribution in [1.82, 2.24) is 10.2 Å². The molecule has 9 nitrogen and oxygen atoms in total. The number of aliphatic hydroxyl groups excluding tert-OH is 1. The van der Waals surface area contributed by atoms with Gasteiger partial charge in [-0.15, -0.1) is 0 Å². The molecule has 214 valence electrons. The maximum atomic E-state index is 14.1. The van der Waals surface area contributed by atoms with Gasteiger partial charge in [-0.3, -0.25) is 14.4 Å². The third kappa shape index (κ3) is 4.75. The summed E-state index contributed by atoms with van der Waals surface area (Å²) in [6, 6.07) is 15.9. The Labute approximate surface area is 235 Å². The van der Waals surface area contributed by atoms with Gasteiger partial charge in [-0.05, 0) is 68.9 Å². The third-order valence-electron chi connectivity index (χ3n) is 8.89. The maximum Gasteiger partial charge on any atom is 0.246 e. The Kier molecular flexibility index (Phi) is 7.88. The minimum atomic E-state index is -1.11. The number of unbranched alkanes of at least 4 members (excludes halogenated alkanes) is 1. The predicted octanol–water partition coefficient (Wildman–Crippen LogP) is 3.12. The van der Waals surface area contributed by atoms with E-state index in [2.05, 4.69) is 10.6 Å². The zero-order chi connectivity index (χ0) is 28.5. The van der Waals surface area contributed by atoms with Crippen LogP contribution in [0.1, 0.15) is 45.6 Å². The van der Waals surface area contributed by atoms with E-state index in [1.165, 1.54) is 0 Å². The second-order valence-electron chi connectivity index (χ2n) is 11.3. The topological polar surface area (TPSA) is 117 Å². The molecule has 0 radical (unpaired) electrons. The fourth-order valence-corrected chi connectivity index (χ4v) is 6.98. The number of carbonyl (C=O) groups excluding carboxylic acids is 3. The number of hydrogen-bond donors (Lipinski definition) is 3. The number of hydrogen-bond acceptors (Lipinski definition) is 6. The molecule has 0 aromatic heterocycles. The Morgan fingerprint density at radius 2 is 1.82 bits per heavy atom. The lowest BCUT2D eigenvalue weighted by molar-refractivity contribution is -0.146. The molecule has 9 heteroatoms. The van der Waals surface area contributed by atoms with E-state index in [4.69, 9.17) is 9.47 Å². The average Bonchev–Trinajstić information content (AvgIpc) is 3.46. The number of anilines is 1. The quantitative estimate of drug-likeness (QED) is 0.371. The van der Waals surface area contributed by atoms with E-state index in [-0.39, 0.29) is 30.2 Å². The number of rotatable bonds is 11. The molecule has 0 saturated carbocycles. The Morgan fingerprint density at radius 1 is 1.10 bits per heavy atom. The molecule has 6 atom stereocenters. The molecule has 3 N–H and O–H groups in total. The summed E-state index contributed by atoms with van der Waals surface area (Å²) in [7, 11) is 0. The number of ether oxygens (including phenoxy) is 2. The van der Waals surface area contributed by atoms with Crippen LogP contribution >= 0.6 is 0 Å². The summed E-state index contributed by atoms with van der Waals surface area (Å²) >= 11 is 0. The Balaban J connectivity index is 1.44. The molecule has 3 saturated heterocycles. The molecule has 3 aliphatic rings. The van der Waals surface area contributed by atoms with Crippen molar-refractivity contribution in [1.29, 1.82) is 0 Å². The second-order valence-corrected chi connectivity index (χ2v) is 11.3. The van der Waals surface area contributed by atoms with Crippen molar-refractivity contribution in [2.45, 2.75) is 63.8 Å². The van der Waals surface area contributed by atoms with Crippen LogP contribution in [-0.4, -0.2) is 64.7 Å². The second kappa shape index (κ2) is 11.2. The molecule has 40 heavy (non-hydrogen) atoms. The molecule has 3 unspecified atom stereocenters. The molecule has 2 aromatic rings. The van der Waals surface area contributed by atoms with Crippen molar-refractivity contribution < 1.29 is 29.0 Å². The number of amides is 3. The van der Waals surface area contributed by atoms with Gasteiger partial charge in [0.2, 0.25) is 17.7 Å². The lowest BCUT2D eigenvalue weighted by Gasteiger charge is -2.36. The van der Waals surface area contributed by atoms with Crippen LogP contribution in [0.4, 0.5) is 5.69 Å². The highest BCUT2D eigenvalue weighted by Crippen LogP contribution is 2.65. The normalized spacial score (nSPS) is 30.3. The molecular weight excluding hydrogens is 510 g/mol. The number of nitrogens with one attached hydrogen (secondary N) is 2. The first-order chi connectivity index (χ1) is 19.2. The summed E-state index contributed by atoms with van der Waals surface area (Å²) in [5.74, 6) is -1.70. The lowest BCUT2D eigenvalue weighted by Crippen LogP contribution is -2.55. The number of carbonyl (C=O) groups is 3. The first-order valence-electron chi connectivity index (χ1n) is 14.2. The van der Waals surface area contributed by atoms with Gasteiger partial charge in [-0.1, -0.05) is 37.3 Å². The van der Waals surface area contributed by atoms with E-state index >= 15 is 0 Å². The fourth-order valence-electron chi connectivity index (χ4n) is 6.98. The summed E-state index contributed by atoms with van der Waals surface area (Å²) in [5.41, 5.74) is -0.453. The minimum absolute atomic E-state index is 0.000193. The van der Waals surface area contributed by atoms with Crippen molar-refractivity contribution in [3.63, 3.8) is 0 Å². The summed E-state index contributed by atoms with van der Waals surface area (Å²) in [5, 5.41) is 15.4. The number of nitrogens with zero attached hydrogens (tertiary/aromatic N) is 1. The van der Waals surface area contributed by atoms with Crippen LogP contribution in [0.5, 0.6) is 5.75 Å². The van der Waals surface area contributed by atoms with Crippen LogP contribution in [0.2, 0.25) is 0 Å². The molecule has 3 heterocycles. The highest BCUT2D eigenvalue weighted by Gasteiger charge is 2.79. The Morgan fingerprint density at radius 3 is 2.50 bits per heavy atom. The van der Waals surface area contributed by atoms with Gasteiger partial charge in [0.15, 0.2) is 0 Å². The highest BCUT2D eigenvalue weighted by atomic mass is 16.5. The van der Waals surface area contributed by atoms with Gasteiger partial charge in [-0.25, -0.2) is 0 Å². The van der Waals surface area contributed by atoms with E-state index in [0.717, 1.165) is 5.56 Å². The summed E-state index contributed by atoms with van der Waals surface area (Å²) < 4.78 is 12.2. The van der Waals surface area contributed by atoms with Crippen molar-refractivity contribution in [2.24, 2.45) is 17.8 Å². The predicted molar refractivity (Wildman–Crippen MR) is 149 cm³/mol. The maximum absolute atomic E-state index is 14.1. The van der Waals surface area contributed by atoms with E-state index in [1.807, 2.05) is 51.1 Å². The zero-order valence-electron chi connectivity index (χ0n) is 23.4. The van der Waals surface area contributed by atoms with E-state index < -0.39 is 29.1 Å². The van der Waals surface area contributed by atoms with Crippen molar-refractivity contribution >= 4 is 23.4 Å². The molecule has 2 aromatic carbocycles. The molecule has 5 rings (SSSR count). The van der Waals surface area contributed by atoms with Crippen LogP contribution in [0.3, 0.4) is 0 Å². The van der Waals surface area contributed by atoms with Crippen LogP contribution in [-0.2, 0) is 25.7 Å². The summed E-state index contributed by atoms with van der Waals surface area (Å²) in [6.45, 7) is 7.01. The monoisotopic (exact) mass is 549 g/mol. The Hall–Kier alpha value is -3.43. The molecule has 2 bridgehead atoms. The van der Waals surface area contributed by atoms with Crippen LogP contribution in [0.25, 0.3) is 0 Å². The molecule has 3 fully saturated rings. The molecule has 0 aliphatic carbocycles. The number of likely N-dealkylation sites (tertiary alicyclic amines) is 1. The average molecular weight is 550 g/mol. The number of benzene rings is 2. The van der Waals surface area contributed by atoms with Gasteiger partial charge in [0.1, 0.15) is 17.4 Å². The fraction of sp³-hybridized carbons (Fsp3) is 0.516. The minimum Gasteiger partial charge on any atom is -0.494 e. The van der Waals surface area contributed by atoms with Gasteiger partial charge < -0.3 is 30.1 Å². The van der Waals surface area contributed by atoms with Crippen LogP contribution < -0.4 is 15.4 Å². The van der Waals surface area contributed by atoms with Crippen molar-refractivity contribution in [3.8, 4) is 5.75 Å². The third-order valence-corrected chi connectivity index (χ3v) is 8.89. The van der Waals surface area contributed by atoms with Gasteiger partial charge >= 0.3 is 0 Å². The largest absolute Gasteiger partial charge is 0.494 e. The number of fused-ring (bicyclic) bond motifs is 1. The lowest BCUT2D eigenvalue weighted by atomic mass is 9.62. The van der Waals surface area contributed by atoms with Crippen LogP contribution in [0.15, 0.2) is 54.6 Å². The summed E-state index contributed by atoms with van der Waals surface area (Å²) in [6.07, 6.45) is 1.56. The van der Waals surface area contributed by atoms with Gasteiger partial charge in [0.05, 0.1) is 24.0 Å². The molecule has 3 aliphatic heterocycles. The van der Waals surface area contributed by atoms with Crippen molar-refractivity contribution in [2.75, 3.05) is 25.1 Å².